The topological polar surface area (TPSA) is 204 Å². The monoisotopic (exact) mass is 2740 g/mol. The SMILES string of the molecule is Brc1cccnc1.C1CCOC1.CCCCCCS.CCCCCS.CCCCCSc1nc[nH]c1C1=CCCN(C)C1.CCCCCSc1ncn(COCC[Si](C)(C)C)c1-c1cccnc1.CCCCCSc1ncn(COCC[Si](C)(C)C)c1C1=CCCN(C)C1.C[CH-]C.C[Si](C)(C)CCOCn1cnc(Br)c1-c1cccnc1.C[Si](C)(C)CCOCn1cnc(Br)c1Br.[CH3][Sn]([CH3])([CH3])[Cl].[CH3][Sn]([CH3])([CH3])[c]1cccnc1.[Cl-].[Mg+2]. The number of ether oxygens (including phenoxy) is 5. The molecule has 12 heterocycles. The van der Waals surface area contributed by atoms with E-state index in [1.807, 2.05) is 151 Å². The van der Waals surface area contributed by atoms with Crippen LogP contribution >= 0.6 is 133 Å². The van der Waals surface area contributed by atoms with Gasteiger partial charge in [-0.05, 0) is 236 Å². The van der Waals surface area contributed by atoms with Crippen molar-refractivity contribution in [2.75, 3.05) is 109 Å². The molecule has 12 rings (SSSR count). The van der Waals surface area contributed by atoms with Crippen LogP contribution < -0.4 is 16.0 Å². The molecule has 1 saturated heterocycles. The molecule has 3 aliphatic rings. The summed E-state index contributed by atoms with van der Waals surface area (Å²) in [7, 11) is 6.01. The number of nitrogens with one attached hydrogen (secondary N) is 1. The predicted octanol–water partition coefficient (Wildman–Crippen LogP) is 30.7. The van der Waals surface area contributed by atoms with Gasteiger partial charge in [0.2, 0.25) is 0 Å². The molecule has 0 unspecified atom stereocenters. The summed E-state index contributed by atoms with van der Waals surface area (Å²) in [6.07, 6.45) is 56.2. The summed E-state index contributed by atoms with van der Waals surface area (Å²) in [5.74, 6) is 5.54. The van der Waals surface area contributed by atoms with Crippen LogP contribution in [0.5, 0.6) is 0 Å². The van der Waals surface area contributed by atoms with Gasteiger partial charge in [0.25, 0.3) is 0 Å². The second kappa shape index (κ2) is 90.9. The standard InChI is InChI=1S/C20H37N3OSSi.C19H31N3OSSi.C14H20BrN3OSi.C14H23N3S.C9H16Br2N2OSi.C6H14S.C5H4BrN.C5H4N.C5H12S.C4H8O.C3H7.6CH3.2ClH.Mg.2Sn/c1-6-7-8-13-25-20-19(18-10-9-11-22(2)15-18)23(16-21-20)17-24-12-14-26(3,4)5;1-5-6-7-12-24-19-18(17-9-8-10-20-14-17)22(15-21-19)16-23-11-13-25(2,3)4;1-20(2,3)8-7-19-11-18-10-17-14(15)13(18)12-5-4-6-16-9-12;1-3-4-5-9-18-14-13(15-11-16-14)12-7-6-8-17(2)10-12;1-15(2,3)5-4-14-7-13-6-12-8(10)9(13)11;1-2-3-4-5-6-7;6-5-2-1-3-7-4-5;1-2-4-6-5-3-1;1-2-3-4-5-6;1-2-4-5-3-1;1-3-2;;;;;;;;;;;/h10,16H,6-9,11-15,17H2,1-5H3;8-10,14-15H,5-7,11-13,16H2,1-4H3;4-6,9-10H,7-8,11H2,1-3H3;7,11H,3-6,8-10H2,1-2H3,(H,15,16);6H,4-5,7H2,1-3H3;7H,2-6H2,1H3;1-4H;1-2,4-5H;6H,2-5H2,1H3;1-4H2;3H,1-2H3;6*1H3;2*1H;;;/q;;;;;;;;;;-1;;;;;;;;;+2;;+1/p-2. The molecular weight excluding hydrogens is 2550 g/mol. The number of halogens is 6. The number of hydrogen-bond acceptors (Lipinski definition) is 21. The fourth-order valence-electron chi connectivity index (χ4n) is 13.0. The molecule has 3 aliphatic heterocycles. The van der Waals surface area contributed by atoms with E-state index in [2.05, 4.69) is 334 Å². The van der Waals surface area contributed by atoms with E-state index >= 15 is 0 Å². The van der Waals surface area contributed by atoms with Gasteiger partial charge >= 0.3 is 130 Å². The minimum Gasteiger partial charge on any atom is -1.00 e. The molecular formula is C110H194Br4Cl2MgN16O5S5Si4Sn2. The van der Waals surface area contributed by atoms with E-state index in [1.165, 1.54) is 182 Å². The largest absolute Gasteiger partial charge is 2.00 e. The molecule has 39 heteroatoms. The molecule has 21 nitrogen and oxygen atoms in total. The molecule has 1 fully saturated rings. The number of unbranched alkanes of at least 4 members (excludes halogenated alkanes) is 11. The first-order chi connectivity index (χ1) is 69.8. The molecule has 0 aliphatic carbocycles. The molecule has 9 aromatic heterocycles. The smallest absolute Gasteiger partial charge is 1.00 e. The first-order valence-electron chi connectivity index (χ1n) is 53.5. The molecule has 0 atom stereocenters. The van der Waals surface area contributed by atoms with Gasteiger partial charge in [-0.2, -0.15) is 39.1 Å². The van der Waals surface area contributed by atoms with Gasteiger partial charge in [0.15, 0.2) is 0 Å². The molecule has 0 amide bonds. The molecule has 842 valence electrons. The third-order valence-corrected chi connectivity index (χ3v) is 41.0. The Morgan fingerprint density at radius 2 is 0.805 bits per heavy atom. The number of nitrogens with zero attached hydrogens (tertiary/aromatic N) is 15. The normalized spacial score (nSPS) is 13.0. The summed E-state index contributed by atoms with van der Waals surface area (Å²) >= 11 is 23.8. The van der Waals surface area contributed by atoms with Crippen LogP contribution in [0, 0.1) is 6.42 Å². The van der Waals surface area contributed by atoms with Gasteiger partial charge in [-0.1, -0.05) is 196 Å². The van der Waals surface area contributed by atoms with Gasteiger partial charge in [0.1, 0.15) is 55.8 Å². The van der Waals surface area contributed by atoms with Crippen molar-refractivity contribution in [3.8, 4) is 22.5 Å². The number of thiol groups is 2. The van der Waals surface area contributed by atoms with Gasteiger partial charge in [0, 0.05) is 151 Å². The number of aromatic nitrogens is 14. The number of hydrogen-bond donors (Lipinski definition) is 3. The number of pyridine rings is 4. The van der Waals surface area contributed by atoms with Crippen LogP contribution in [-0.4, -0.2) is 278 Å². The van der Waals surface area contributed by atoms with Gasteiger partial charge in [-0.15, -0.1) is 35.3 Å². The van der Waals surface area contributed by atoms with Crippen LogP contribution in [0.1, 0.15) is 188 Å². The van der Waals surface area contributed by atoms with Crippen molar-refractivity contribution in [3.05, 3.63) is 178 Å². The third-order valence-electron chi connectivity index (χ3n) is 21.5. The van der Waals surface area contributed by atoms with Crippen molar-refractivity contribution in [1.82, 2.24) is 77.9 Å². The second-order valence-electron chi connectivity index (χ2n) is 43.4. The molecule has 0 aromatic carbocycles. The quantitative estimate of drug-likeness (QED) is 0.0107. The maximum absolute atomic E-state index is 6.02. The number of aromatic amines is 1. The minimum absolute atomic E-state index is 0. The first-order valence-corrected chi connectivity index (χ1v) is 97.9. The predicted molar refractivity (Wildman–Crippen MR) is 686 cm³/mol. The average Bonchev–Trinajstić information content (AvgIpc) is 1.68. The number of thioether (sulfide) groups is 3. The first kappa shape index (κ1) is 150. The van der Waals surface area contributed by atoms with Gasteiger partial charge in [-0.3, -0.25) is 15.0 Å². The Labute approximate surface area is 1000 Å². The fraction of sp³-hybridized carbons (Fsp3) is 0.636. The summed E-state index contributed by atoms with van der Waals surface area (Å²) in [5.41, 5.74) is 9.60. The van der Waals surface area contributed by atoms with Crippen molar-refractivity contribution in [1.29, 1.82) is 0 Å². The van der Waals surface area contributed by atoms with Crippen LogP contribution in [0.2, 0.25) is 132 Å². The summed E-state index contributed by atoms with van der Waals surface area (Å²) in [5, 5.41) is 3.43. The van der Waals surface area contributed by atoms with Crippen molar-refractivity contribution in [2.45, 2.75) is 351 Å². The molecule has 0 spiro atoms. The van der Waals surface area contributed by atoms with Crippen molar-refractivity contribution in [2.24, 2.45) is 0 Å². The van der Waals surface area contributed by atoms with Crippen LogP contribution in [0.25, 0.3) is 33.7 Å². The summed E-state index contributed by atoms with van der Waals surface area (Å²) in [6, 6.07) is 20.8. The average molecular weight is 2750 g/mol. The Kier molecular flexibility index (Phi) is 91.7. The second-order valence-corrected chi connectivity index (χ2v) is 107. The Morgan fingerprint density at radius 1 is 0.450 bits per heavy atom. The van der Waals surface area contributed by atoms with Crippen LogP contribution in [-0.2, 0) is 50.6 Å². The van der Waals surface area contributed by atoms with Crippen LogP contribution in [0.4, 0.5) is 0 Å². The number of likely N-dealkylation sites (N-methyl/N-ethyl adjacent to an activating group) is 2. The molecule has 0 bridgehead atoms. The molecule has 9 aromatic rings. The van der Waals surface area contributed by atoms with Gasteiger partial charge in [-0.25, -0.2) is 24.9 Å². The Morgan fingerprint density at radius 3 is 1.15 bits per heavy atom. The number of H-pyrrole nitrogens is 1. The Hall–Kier alpha value is -0.669. The van der Waals surface area contributed by atoms with Crippen LogP contribution in [0.3, 0.4) is 0 Å². The van der Waals surface area contributed by atoms with Gasteiger partial charge < -0.3 is 75.6 Å². The molecule has 149 heavy (non-hydrogen) atoms. The minimum atomic E-state index is -1.77. The van der Waals surface area contributed by atoms with Crippen LogP contribution in [0.15, 0.2) is 175 Å². The molecule has 0 saturated carbocycles. The van der Waals surface area contributed by atoms with Crippen molar-refractivity contribution >= 4 is 239 Å². The zero-order valence-electron chi connectivity index (χ0n) is 96.6. The van der Waals surface area contributed by atoms with E-state index in [0.717, 1.165) is 147 Å². The van der Waals surface area contributed by atoms with E-state index in [0.29, 0.717) is 26.9 Å². The number of rotatable bonds is 47. The van der Waals surface area contributed by atoms with E-state index in [1.54, 1.807) is 31.2 Å². The summed E-state index contributed by atoms with van der Waals surface area (Å²) < 4.78 is 41.6. The van der Waals surface area contributed by atoms with Gasteiger partial charge in [0.05, 0.1) is 54.4 Å². The number of imidazole rings is 5. The maximum Gasteiger partial charge on any atom is 2.00 e. The molecule has 0 radical (unpaired) electrons. The Bertz CT molecular complexity index is 4730. The maximum atomic E-state index is 6.02. The molecule has 1 N–H and O–H groups in total. The Balaban J connectivity index is 0. The zero-order valence-corrected chi connectivity index (χ0v) is 120. The van der Waals surface area contributed by atoms with E-state index in [-0.39, 0.29) is 35.5 Å². The third kappa shape index (κ3) is 79.9. The summed E-state index contributed by atoms with van der Waals surface area (Å²) in [6.45, 7) is 55.5. The summed E-state index contributed by atoms with van der Waals surface area (Å²) in [4.78, 5) is 60.4. The fourth-order valence-corrected chi connectivity index (χ4v) is 24.0. The zero-order chi connectivity index (χ0) is 110. The van der Waals surface area contributed by atoms with E-state index in [9.17, 15) is 0 Å². The van der Waals surface area contributed by atoms with E-state index in [4.69, 9.17) is 37.6 Å². The van der Waals surface area contributed by atoms with Crippen molar-refractivity contribution < 1.29 is 36.1 Å². The van der Waals surface area contributed by atoms with Crippen molar-refractivity contribution in [3.63, 3.8) is 0 Å². The van der Waals surface area contributed by atoms with E-state index < -0.39 is 67.9 Å².